The molecule has 0 saturated heterocycles. The number of nitrogens with two attached hydrogens (primary N) is 2. The lowest BCUT2D eigenvalue weighted by Crippen LogP contribution is -2.16. The third-order valence-electron chi connectivity index (χ3n) is 2.10. The number of anilines is 1. The number of fused-ring (bicyclic) bond motifs is 1. The van der Waals surface area contributed by atoms with Gasteiger partial charge in [0.15, 0.2) is 0 Å². The van der Waals surface area contributed by atoms with E-state index in [2.05, 4.69) is 9.97 Å². The fourth-order valence-corrected chi connectivity index (χ4v) is 1.38. The van der Waals surface area contributed by atoms with Crippen molar-refractivity contribution in [2.24, 2.45) is 5.73 Å². The van der Waals surface area contributed by atoms with Gasteiger partial charge in [0.05, 0.1) is 5.52 Å². The highest BCUT2D eigenvalue weighted by Crippen LogP contribution is 2.18. The monoisotopic (exact) mass is 274 g/mol. The van der Waals surface area contributed by atoms with Gasteiger partial charge in [-0.1, -0.05) is 11.6 Å². The summed E-state index contributed by atoms with van der Waals surface area (Å²) in [7, 11) is 0. The Morgan fingerprint density at radius 1 is 1.24 bits per heavy atom. The fraction of sp³-hybridized carbons (Fsp3) is 0.100. The molecule has 2 aromatic rings. The van der Waals surface area contributed by atoms with Crippen LogP contribution in [0.4, 0.5) is 5.82 Å². The van der Waals surface area contributed by atoms with Crippen LogP contribution in [0.2, 0.25) is 0 Å². The number of rotatable bonds is 1. The highest BCUT2D eigenvalue weighted by atomic mass is 35.5. The van der Waals surface area contributed by atoms with Crippen molar-refractivity contribution in [1.82, 2.24) is 9.97 Å². The summed E-state index contributed by atoms with van der Waals surface area (Å²) in [5, 5.41) is 0.736. The molecule has 0 aliphatic rings. The topological polar surface area (TPSA) is 94.9 Å². The maximum Gasteiger partial charge on any atom is 0.286 e. The van der Waals surface area contributed by atoms with Crippen molar-refractivity contribution in [3.05, 3.63) is 29.6 Å². The van der Waals surface area contributed by atoms with Gasteiger partial charge in [0.1, 0.15) is 5.82 Å². The Balaban J connectivity index is 0.00000128. The van der Waals surface area contributed by atoms with Gasteiger partial charge in [-0.3, -0.25) is 4.79 Å². The molecule has 0 aliphatic heterocycles. The molecule has 0 bridgehead atoms. The van der Waals surface area contributed by atoms with Gasteiger partial charge in [0.25, 0.3) is 5.91 Å². The van der Waals surface area contributed by atoms with E-state index in [1.54, 1.807) is 6.07 Å². The van der Waals surface area contributed by atoms with E-state index in [4.69, 9.17) is 11.5 Å². The standard InChI is InChI=1S/C10H10N4O.2ClH/c1-5-2-3-7-6(4-5)8(11)14-10(13-7)9(12)15;;/h2-4H,1H3,(H2,12,15)(H2,11,13,14);2*1H. The van der Waals surface area contributed by atoms with Crippen molar-refractivity contribution in [3.8, 4) is 0 Å². The molecule has 1 aromatic heterocycles. The second kappa shape index (κ2) is 5.65. The van der Waals surface area contributed by atoms with Crippen LogP contribution >= 0.6 is 24.8 Å². The number of halogens is 2. The van der Waals surface area contributed by atoms with E-state index in [-0.39, 0.29) is 36.5 Å². The molecule has 0 aliphatic carbocycles. The van der Waals surface area contributed by atoms with Gasteiger partial charge in [-0.05, 0) is 19.1 Å². The van der Waals surface area contributed by atoms with Gasteiger partial charge >= 0.3 is 0 Å². The zero-order valence-electron chi connectivity index (χ0n) is 9.01. The average molecular weight is 275 g/mol. The number of carbonyl (C=O) groups excluding carboxylic acids is 1. The molecule has 1 aromatic carbocycles. The molecule has 0 fully saturated rings. The summed E-state index contributed by atoms with van der Waals surface area (Å²) in [6.07, 6.45) is 0. The van der Waals surface area contributed by atoms with E-state index in [9.17, 15) is 4.79 Å². The molecule has 0 radical (unpaired) electrons. The number of nitrogen functional groups attached to an aromatic ring is 1. The minimum absolute atomic E-state index is 0. The molecule has 0 spiro atoms. The molecule has 2 rings (SSSR count). The number of carbonyl (C=O) groups is 1. The zero-order valence-corrected chi connectivity index (χ0v) is 10.6. The van der Waals surface area contributed by atoms with Crippen molar-refractivity contribution < 1.29 is 4.79 Å². The molecular weight excluding hydrogens is 263 g/mol. The molecule has 5 nitrogen and oxygen atoms in total. The first kappa shape index (κ1) is 15.4. The maximum absolute atomic E-state index is 10.9. The van der Waals surface area contributed by atoms with Crippen LogP contribution in [-0.4, -0.2) is 15.9 Å². The lowest BCUT2D eigenvalue weighted by molar-refractivity contribution is 0.0991. The van der Waals surface area contributed by atoms with Crippen LogP contribution in [0.15, 0.2) is 18.2 Å². The quantitative estimate of drug-likeness (QED) is 0.823. The largest absolute Gasteiger partial charge is 0.383 e. The van der Waals surface area contributed by atoms with Crippen LogP contribution in [-0.2, 0) is 0 Å². The first-order chi connectivity index (χ1) is 7.08. The van der Waals surface area contributed by atoms with Gasteiger partial charge in [-0.15, -0.1) is 24.8 Å². The summed E-state index contributed by atoms with van der Waals surface area (Å²) in [4.78, 5) is 18.8. The Morgan fingerprint density at radius 2 is 1.88 bits per heavy atom. The predicted octanol–water partition coefficient (Wildman–Crippen LogP) is 1.46. The molecule has 0 unspecified atom stereocenters. The average Bonchev–Trinajstić information content (AvgIpc) is 2.18. The third-order valence-corrected chi connectivity index (χ3v) is 2.10. The Kier molecular flexibility index (Phi) is 5.12. The van der Waals surface area contributed by atoms with E-state index < -0.39 is 5.91 Å². The van der Waals surface area contributed by atoms with E-state index in [0.29, 0.717) is 5.52 Å². The van der Waals surface area contributed by atoms with Crippen molar-refractivity contribution in [1.29, 1.82) is 0 Å². The second-order valence-electron chi connectivity index (χ2n) is 3.32. The van der Waals surface area contributed by atoms with Crippen LogP contribution in [0.1, 0.15) is 16.2 Å². The predicted molar refractivity (Wildman–Crippen MR) is 71.7 cm³/mol. The van der Waals surface area contributed by atoms with Crippen molar-refractivity contribution in [2.75, 3.05) is 5.73 Å². The Labute approximate surface area is 110 Å². The molecule has 0 atom stereocenters. The number of aromatic nitrogens is 2. The summed E-state index contributed by atoms with van der Waals surface area (Å²) in [6.45, 7) is 1.95. The van der Waals surface area contributed by atoms with Crippen LogP contribution in [0.3, 0.4) is 0 Å². The minimum Gasteiger partial charge on any atom is -0.383 e. The number of primary amides is 1. The van der Waals surface area contributed by atoms with E-state index >= 15 is 0 Å². The van der Waals surface area contributed by atoms with E-state index in [1.165, 1.54) is 0 Å². The molecule has 1 heterocycles. The second-order valence-corrected chi connectivity index (χ2v) is 3.32. The first-order valence-corrected chi connectivity index (χ1v) is 4.41. The van der Waals surface area contributed by atoms with Crippen LogP contribution in [0, 0.1) is 6.92 Å². The fourth-order valence-electron chi connectivity index (χ4n) is 1.38. The van der Waals surface area contributed by atoms with Gasteiger partial charge in [-0.2, -0.15) is 0 Å². The number of hydrogen-bond donors (Lipinski definition) is 2. The van der Waals surface area contributed by atoms with Gasteiger partial charge in [-0.25, -0.2) is 9.97 Å². The lowest BCUT2D eigenvalue weighted by Gasteiger charge is -2.03. The highest BCUT2D eigenvalue weighted by Gasteiger charge is 2.08. The Bertz CT molecular complexity index is 559. The smallest absolute Gasteiger partial charge is 0.286 e. The SMILES string of the molecule is Cc1ccc2nc(C(N)=O)nc(N)c2c1.Cl.Cl. The molecular formula is C10H12Cl2N4O. The normalized spacial score (nSPS) is 9.24. The van der Waals surface area contributed by atoms with E-state index in [0.717, 1.165) is 10.9 Å². The molecule has 4 N–H and O–H groups in total. The number of amides is 1. The van der Waals surface area contributed by atoms with Gasteiger partial charge in [0, 0.05) is 5.39 Å². The lowest BCUT2D eigenvalue weighted by atomic mass is 10.1. The molecule has 0 saturated carbocycles. The van der Waals surface area contributed by atoms with Crippen molar-refractivity contribution in [2.45, 2.75) is 6.92 Å². The van der Waals surface area contributed by atoms with Crippen molar-refractivity contribution >= 4 is 47.4 Å². The maximum atomic E-state index is 10.9. The summed E-state index contributed by atoms with van der Waals surface area (Å²) in [5.74, 6) is -0.453. The Morgan fingerprint density at radius 3 is 2.47 bits per heavy atom. The third kappa shape index (κ3) is 2.95. The molecule has 1 amide bonds. The highest BCUT2D eigenvalue weighted by molar-refractivity contribution is 5.95. The van der Waals surface area contributed by atoms with Crippen LogP contribution < -0.4 is 11.5 Å². The number of benzene rings is 1. The Hall–Kier alpha value is -1.59. The van der Waals surface area contributed by atoms with Gasteiger partial charge < -0.3 is 11.5 Å². The molecule has 17 heavy (non-hydrogen) atoms. The first-order valence-electron chi connectivity index (χ1n) is 4.41. The summed E-state index contributed by atoms with van der Waals surface area (Å²) >= 11 is 0. The number of nitrogens with zero attached hydrogens (tertiary/aromatic N) is 2. The van der Waals surface area contributed by atoms with Crippen molar-refractivity contribution in [3.63, 3.8) is 0 Å². The zero-order chi connectivity index (χ0) is 11.0. The summed E-state index contributed by atoms with van der Waals surface area (Å²) in [6, 6.07) is 5.55. The summed E-state index contributed by atoms with van der Waals surface area (Å²) < 4.78 is 0. The van der Waals surface area contributed by atoms with Crippen LogP contribution in [0.25, 0.3) is 10.9 Å². The van der Waals surface area contributed by atoms with Crippen LogP contribution in [0.5, 0.6) is 0 Å². The minimum atomic E-state index is -0.677. The van der Waals surface area contributed by atoms with Gasteiger partial charge in [0.2, 0.25) is 5.82 Å². The number of hydrogen-bond acceptors (Lipinski definition) is 4. The molecule has 7 heteroatoms. The summed E-state index contributed by atoms with van der Waals surface area (Å²) in [5.41, 5.74) is 12.5. The molecule has 92 valence electrons. The number of aryl methyl sites for hydroxylation is 1. The van der Waals surface area contributed by atoms with E-state index in [1.807, 2.05) is 19.1 Å².